The number of alkyl halides is 2. The smallest absolute Gasteiger partial charge is 0.258 e. The van der Waals surface area contributed by atoms with Crippen molar-refractivity contribution in [3.8, 4) is 0 Å². The number of carbonyl (C=O) groups is 1. The molecule has 1 amide bonds. The fourth-order valence-corrected chi connectivity index (χ4v) is 3.81. The molecule has 0 radical (unpaired) electrons. The zero-order valence-electron chi connectivity index (χ0n) is 12.5. The molecule has 1 aromatic heterocycles. The van der Waals surface area contributed by atoms with Gasteiger partial charge in [0, 0.05) is 24.3 Å². The minimum Gasteiger partial charge on any atom is -0.269 e. The molecule has 0 bridgehead atoms. The van der Waals surface area contributed by atoms with Crippen molar-refractivity contribution in [2.45, 2.75) is 25.2 Å². The Labute approximate surface area is 138 Å². The van der Waals surface area contributed by atoms with Gasteiger partial charge < -0.3 is 0 Å². The molecule has 24 heavy (non-hydrogen) atoms. The third kappa shape index (κ3) is 2.56. The number of hydrogen-bond donors (Lipinski definition) is 1. The predicted molar refractivity (Wildman–Crippen MR) is 87.1 cm³/mol. The Morgan fingerprint density at radius 1 is 1.33 bits per heavy atom. The number of nitrogens with zero attached hydrogens (tertiary/aromatic N) is 2. The summed E-state index contributed by atoms with van der Waals surface area (Å²) in [6.45, 7) is 0. The molecule has 0 spiro atoms. The van der Waals surface area contributed by atoms with Crippen LogP contribution in [0.2, 0.25) is 0 Å². The number of allylic oxidation sites excluding steroid dienone is 2. The highest BCUT2D eigenvalue weighted by Crippen LogP contribution is 2.37. The van der Waals surface area contributed by atoms with E-state index in [4.69, 9.17) is 0 Å². The maximum Gasteiger partial charge on any atom is 0.258 e. The summed E-state index contributed by atoms with van der Waals surface area (Å²) in [5.74, 6) is -3.03. The van der Waals surface area contributed by atoms with E-state index in [9.17, 15) is 17.8 Å². The molecule has 5 nitrogen and oxygen atoms in total. The Morgan fingerprint density at radius 2 is 2.17 bits per heavy atom. The normalized spacial score (nSPS) is 23.1. The third-order valence-corrected chi connectivity index (χ3v) is 5.25. The number of aromatic nitrogens is 2. The maximum atomic E-state index is 13.3. The summed E-state index contributed by atoms with van der Waals surface area (Å²) in [5, 5.41) is 5.27. The third-order valence-electron chi connectivity index (χ3n) is 4.19. The topological polar surface area (TPSA) is 64.0 Å². The highest BCUT2D eigenvalue weighted by Gasteiger charge is 2.31. The lowest BCUT2D eigenvalue weighted by atomic mass is 9.91. The van der Waals surface area contributed by atoms with Crippen molar-refractivity contribution in [2.24, 2.45) is 0 Å². The summed E-state index contributed by atoms with van der Waals surface area (Å²) in [6, 6.07) is 5.51. The number of nitrogens with one attached hydrogen (secondary N) is 1. The molecule has 0 saturated carbocycles. The van der Waals surface area contributed by atoms with Crippen molar-refractivity contribution in [3.05, 3.63) is 42.1 Å². The number of carbonyl (C=O) groups excluding carboxylic acids is 1. The summed E-state index contributed by atoms with van der Waals surface area (Å²) >= 11 is 0. The van der Waals surface area contributed by atoms with Crippen LogP contribution in [0.15, 0.2) is 36.5 Å². The molecule has 8 heteroatoms. The van der Waals surface area contributed by atoms with Gasteiger partial charge in [-0.1, -0.05) is 12.1 Å². The largest absolute Gasteiger partial charge is 0.269 e. The van der Waals surface area contributed by atoms with E-state index < -0.39 is 22.8 Å². The van der Waals surface area contributed by atoms with Crippen LogP contribution in [0.5, 0.6) is 0 Å². The summed E-state index contributed by atoms with van der Waals surface area (Å²) in [7, 11) is -1.63. The molecule has 1 aliphatic carbocycles. The zero-order valence-corrected chi connectivity index (χ0v) is 13.3. The van der Waals surface area contributed by atoms with Crippen molar-refractivity contribution in [2.75, 3.05) is 0 Å². The van der Waals surface area contributed by atoms with Gasteiger partial charge in [-0.05, 0) is 29.7 Å². The number of hydrogen-bond acceptors (Lipinski definition) is 3. The van der Waals surface area contributed by atoms with Crippen LogP contribution in [0.25, 0.3) is 21.5 Å². The molecule has 4 rings (SSSR count). The number of benzene rings is 1. The first-order chi connectivity index (χ1) is 11.4. The fourth-order valence-electron chi connectivity index (χ4n) is 2.94. The van der Waals surface area contributed by atoms with Gasteiger partial charge in [-0.2, -0.15) is 5.10 Å². The highest BCUT2D eigenvalue weighted by atomic mass is 32.2. The van der Waals surface area contributed by atoms with Gasteiger partial charge >= 0.3 is 0 Å². The summed E-state index contributed by atoms with van der Waals surface area (Å²) in [4.78, 5) is 11.3. The first-order valence-corrected chi connectivity index (χ1v) is 8.57. The molecule has 124 valence electrons. The van der Waals surface area contributed by atoms with Crippen LogP contribution in [0.4, 0.5) is 8.78 Å². The van der Waals surface area contributed by atoms with Crippen LogP contribution < -0.4 is 4.72 Å². The van der Waals surface area contributed by atoms with Gasteiger partial charge in [0.05, 0.1) is 11.7 Å². The first kappa shape index (κ1) is 15.2. The molecule has 0 saturated heterocycles. The second kappa shape index (κ2) is 5.34. The van der Waals surface area contributed by atoms with Crippen molar-refractivity contribution in [3.63, 3.8) is 0 Å². The average Bonchev–Trinajstić information content (AvgIpc) is 3.09. The van der Waals surface area contributed by atoms with E-state index in [1.54, 1.807) is 18.3 Å². The molecule has 1 aromatic carbocycles. The Bertz CT molecular complexity index is 946. The standard InChI is InChI=1S/C16H13F2N3O2S/c17-16(18)5-3-10(4-6-16)11-1-2-13-12(7-11)9-19-21(13)15-8-14(22)20-24(15)23/h1-3,7-9H,4-6H2,(H,20,22). The van der Waals surface area contributed by atoms with Crippen LogP contribution in [0, 0.1) is 0 Å². The van der Waals surface area contributed by atoms with Crippen molar-refractivity contribution >= 4 is 38.4 Å². The molecule has 2 heterocycles. The van der Waals surface area contributed by atoms with Gasteiger partial charge in [-0.15, -0.1) is 0 Å². The predicted octanol–water partition coefficient (Wildman–Crippen LogP) is 2.83. The van der Waals surface area contributed by atoms with Gasteiger partial charge in [0.2, 0.25) is 0 Å². The molecule has 0 fully saturated rings. The van der Waals surface area contributed by atoms with Crippen molar-refractivity contribution < 1.29 is 17.8 Å². The van der Waals surface area contributed by atoms with E-state index in [0.29, 0.717) is 11.9 Å². The number of rotatable bonds is 2. The fraction of sp³-hybridized carbons (Fsp3) is 0.250. The van der Waals surface area contributed by atoms with E-state index in [1.165, 1.54) is 10.8 Å². The number of halogens is 2. The van der Waals surface area contributed by atoms with E-state index in [2.05, 4.69) is 9.82 Å². The van der Waals surface area contributed by atoms with Crippen molar-refractivity contribution in [1.29, 1.82) is 0 Å². The van der Waals surface area contributed by atoms with Gasteiger partial charge in [-0.3, -0.25) is 9.52 Å². The first-order valence-electron chi connectivity index (χ1n) is 7.42. The molecular formula is C16H13F2N3O2S. The molecule has 1 atom stereocenters. The SMILES string of the molecule is O=C1C=C(n2ncc3cc(C4=CCC(F)(F)CC4)ccc32)S(=O)N1. The lowest BCUT2D eigenvalue weighted by Gasteiger charge is -2.21. The van der Waals surface area contributed by atoms with Gasteiger partial charge in [0.15, 0.2) is 16.0 Å². The van der Waals surface area contributed by atoms with Crippen molar-refractivity contribution in [1.82, 2.24) is 14.5 Å². The Morgan fingerprint density at radius 3 is 2.83 bits per heavy atom. The Balaban J connectivity index is 1.72. The van der Waals surface area contributed by atoms with E-state index in [-0.39, 0.29) is 17.9 Å². The zero-order chi connectivity index (χ0) is 16.9. The van der Waals surface area contributed by atoms with E-state index >= 15 is 0 Å². The summed E-state index contributed by atoms with van der Waals surface area (Å²) < 4.78 is 42.1. The van der Waals surface area contributed by atoms with Gasteiger partial charge in [0.25, 0.3) is 11.8 Å². The van der Waals surface area contributed by atoms with Crippen LogP contribution in [-0.4, -0.2) is 25.8 Å². The van der Waals surface area contributed by atoms with Gasteiger partial charge in [0.1, 0.15) is 0 Å². The molecule has 1 aliphatic heterocycles. The lowest BCUT2D eigenvalue weighted by molar-refractivity contribution is -0.114. The second-order valence-corrected chi connectivity index (χ2v) is 7.00. The summed E-state index contributed by atoms with van der Waals surface area (Å²) in [6.07, 6.45) is 4.40. The van der Waals surface area contributed by atoms with Gasteiger partial charge in [-0.25, -0.2) is 17.7 Å². The van der Waals surface area contributed by atoms with E-state index in [0.717, 1.165) is 16.5 Å². The molecule has 2 aliphatic rings. The maximum absolute atomic E-state index is 13.3. The van der Waals surface area contributed by atoms with Crippen LogP contribution in [-0.2, 0) is 15.8 Å². The average molecular weight is 349 g/mol. The second-order valence-electron chi connectivity index (χ2n) is 5.84. The van der Waals surface area contributed by atoms with Crippen LogP contribution in [0.1, 0.15) is 24.8 Å². The van der Waals surface area contributed by atoms with E-state index in [1.807, 2.05) is 12.1 Å². The Hall–Kier alpha value is -2.35. The highest BCUT2D eigenvalue weighted by molar-refractivity contribution is 7.93. The molecular weight excluding hydrogens is 336 g/mol. The molecule has 2 aromatic rings. The number of fused-ring (bicyclic) bond motifs is 1. The molecule has 1 unspecified atom stereocenters. The Kier molecular flexibility index (Phi) is 3.38. The quantitative estimate of drug-likeness (QED) is 0.907. The van der Waals surface area contributed by atoms with Crippen LogP contribution in [0.3, 0.4) is 0 Å². The monoisotopic (exact) mass is 349 g/mol. The molecule has 1 N–H and O–H groups in total. The minimum absolute atomic E-state index is 0.143. The lowest BCUT2D eigenvalue weighted by Crippen LogP contribution is -2.18. The minimum atomic E-state index is -2.61. The number of amides is 1. The van der Waals surface area contributed by atoms with Crippen LogP contribution >= 0.6 is 0 Å². The summed E-state index contributed by atoms with van der Waals surface area (Å²) in [5.41, 5.74) is 2.49.